The third kappa shape index (κ3) is 4.58. The van der Waals surface area contributed by atoms with Crippen LogP contribution in [0.3, 0.4) is 0 Å². The zero-order valence-electron chi connectivity index (χ0n) is 15.1. The van der Waals surface area contributed by atoms with Crippen molar-refractivity contribution in [3.8, 4) is 17.2 Å². The average Bonchev–Trinajstić information content (AvgIpc) is 3.16. The number of thioether (sulfide) groups is 1. The number of nitrogens with one attached hydrogen (secondary N) is 1. The van der Waals surface area contributed by atoms with Gasteiger partial charge in [0.05, 0.1) is 36.4 Å². The van der Waals surface area contributed by atoms with Gasteiger partial charge in [-0.3, -0.25) is 9.36 Å². The van der Waals surface area contributed by atoms with Crippen molar-refractivity contribution in [2.45, 2.75) is 5.16 Å². The van der Waals surface area contributed by atoms with E-state index in [0.717, 1.165) is 0 Å². The van der Waals surface area contributed by atoms with E-state index in [1.807, 2.05) is 0 Å². The maximum atomic E-state index is 13.5. The first-order chi connectivity index (χ1) is 13.5. The highest BCUT2D eigenvalue weighted by Gasteiger charge is 2.14. The summed E-state index contributed by atoms with van der Waals surface area (Å²) >= 11 is 7.30. The summed E-state index contributed by atoms with van der Waals surface area (Å²) in [6, 6.07) is 9.31. The lowest BCUT2D eigenvalue weighted by Crippen LogP contribution is -2.15. The summed E-state index contributed by atoms with van der Waals surface area (Å²) in [5.74, 6) is 0.336. The molecule has 0 fully saturated rings. The summed E-state index contributed by atoms with van der Waals surface area (Å²) in [5, 5.41) is 3.72. The SMILES string of the molecule is COc1cc(NC(=O)CSc2nccn2-c2cccc(F)c2)c(OC)cc1Cl. The molecule has 1 heterocycles. The number of hydrogen-bond acceptors (Lipinski definition) is 5. The molecule has 28 heavy (non-hydrogen) atoms. The van der Waals surface area contributed by atoms with Crippen LogP contribution in [0.15, 0.2) is 53.9 Å². The van der Waals surface area contributed by atoms with Gasteiger partial charge >= 0.3 is 0 Å². The van der Waals surface area contributed by atoms with Crippen LogP contribution in [0.5, 0.6) is 11.5 Å². The Kier molecular flexibility index (Phi) is 6.43. The highest BCUT2D eigenvalue weighted by molar-refractivity contribution is 7.99. The predicted molar refractivity (Wildman–Crippen MR) is 107 cm³/mol. The number of imidazole rings is 1. The third-order valence-corrected chi connectivity index (χ3v) is 5.04. The largest absolute Gasteiger partial charge is 0.495 e. The Labute approximate surface area is 170 Å². The van der Waals surface area contributed by atoms with E-state index in [0.29, 0.717) is 33.1 Å². The van der Waals surface area contributed by atoms with Gasteiger partial charge in [-0.15, -0.1) is 0 Å². The van der Waals surface area contributed by atoms with Crippen LogP contribution in [0.2, 0.25) is 5.02 Å². The zero-order chi connectivity index (χ0) is 20.1. The lowest BCUT2D eigenvalue weighted by Gasteiger charge is -2.13. The highest BCUT2D eigenvalue weighted by Crippen LogP contribution is 2.36. The van der Waals surface area contributed by atoms with E-state index in [2.05, 4.69) is 10.3 Å². The molecule has 0 aliphatic heterocycles. The van der Waals surface area contributed by atoms with Crippen LogP contribution in [-0.4, -0.2) is 35.4 Å². The van der Waals surface area contributed by atoms with E-state index in [1.165, 1.54) is 38.1 Å². The van der Waals surface area contributed by atoms with Gasteiger partial charge in [-0.25, -0.2) is 9.37 Å². The van der Waals surface area contributed by atoms with Gasteiger partial charge in [0.15, 0.2) is 5.16 Å². The maximum absolute atomic E-state index is 13.5. The van der Waals surface area contributed by atoms with Gasteiger partial charge in [-0.1, -0.05) is 29.4 Å². The van der Waals surface area contributed by atoms with Crippen molar-refractivity contribution >= 4 is 35.0 Å². The molecule has 1 amide bonds. The van der Waals surface area contributed by atoms with Crippen molar-refractivity contribution in [3.05, 3.63) is 59.6 Å². The third-order valence-electron chi connectivity index (χ3n) is 3.77. The first-order valence-electron chi connectivity index (χ1n) is 8.15. The van der Waals surface area contributed by atoms with Crippen LogP contribution in [0.4, 0.5) is 10.1 Å². The minimum Gasteiger partial charge on any atom is -0.495 e. The van der Waals surface area contributed by atoms with Crippen molar-refractivity contribution in [2.75, 3.05) is 25.3 Å². The minimum absolute atomic E-state index is 0.0976. The van der Waals surface area contributed by atoms with E-state index in [1.54, 1.807) is 41.2 Å². The number of hydrogen-bond donors (Lipinski definition) is 1. The van der Waals surface area contributed by atoms with Crippen LogP contribution >= 0.6 is 23.4 Å². The number of nitrogens with zero attached hydrogens (tertiary/aromatic N) is 2. The molecule has 0 saturated carbocycles. The standard InChI is InChI=1S/C19H17ClFN3O3S/c1-26-16-10-15(17(27-2)9-14(16)20)23-18(25)11-28-19-22-6-7-24(19)13-5-3-4-12(21)8-13/h3-10H,11H2,1-2H3,(H,23,25). The van der Waals surface area contributed by atoms with Crippen molar-refractivity contribution in [2.24, 2.45) is 0 Å². The highest BCUT2D eigenvalue weighted by atomic mass is 35.5. The number of amides is 1. The molecule has 1 N–H and O–H groups in total. The number of benzene rings is 2. The van der Waals surface area contributed by atoms with Crippen molar-refractivity contribution in [1.82, 2.24) is 9.55 Å². The molecule has 146 valence electrons. The van der Waals surface area contributed by atoms with Crippen molar-refractivity contribution in [1.29, 1.82) is 0 Å². The number of halogens is 2. The number of anilines is 1. The van der Waals surface area contributed by atoms with Gasteiger partial charge in [0, 0.05) is 24.5 Å². The normalized spacial score (nSPS) is 10.6. The van der Waals surface area contributed by atoms with Crippen LogP contribution in [0.1, 0.15) is 0 Å². The molecule has 0 unspecified atom stereocenters. The Morgan fingerprint density at radius 3 is 2.75 bits per heavy atom. The number of methoxy groups -OCH3 is 2. The number of carbonyl (C=O) groups excluding carboxylic acids is 1. The van der Waals surface area contributed by atoms with E-state index in [4.69, 9.17) is 21.1 Å². The summed E-state index contributed by atoms with van der Waals surface area (Å²) in [7, 11) is 2.97. The summed E-state index contributed by atoms with van der Waals surface area (Å²) in [6.45, 7) is 0. The molecule has 0 aliphatic rings. The summed E-state index contributed by atoms with van der Waals surface area (Å²) in [6.07, 6.45) is 3.31. The molecule has 6 nitrogen and oxygen atoms in total. The smallest absolute Gasteiger partial charge is 0.234 e. The number of rotatable bonds is 7. The fourth-order valence-electron chi connectivity index (χ4n) is 2.49. The molecule has 2 aromatic carbocycles. The van der Waals surface area contributed by atoms with E-state index >= 15 is 0 Å². The Hall–Kier alpha value is -2.71. The van der Waals surface area contributed by atoms with E-state index in [9.17, 15) is 9.18 Å². The second-order valence-electron chi connectivity index (χ2n) is 5.58. The molecule has 0 saturated heterocycles. The molecule has 1 aromatic heterocycles. The van der Waals surface area contributed by atoms with Gasteiger partial charge in [0.2, 0.25) is 5.91 Å². The Morgan fingerprint density at radius 2 is 2.04 bits per heavy atom. The number of carbonyl (C=O) groups is 1. The van der Waals surface area contributed by atoms with E-state index < -0.39 is 0 Å². The van der Waals surface area contributed by atoms with Crippen molar-refractivity contribution in [3.63, 3.8) is 0 Å². The first kappa shape index (κ1) is 20.0. The van der Waals surface area contributed by atoms with Gasteiger partial charge < -0.3 is 14.8 Å². The van der Waals surface area contributed by atoms with Gasteiger partial charge in [0.1, 0.15) is 17.3 Å². The second-order valence-corrected chi connectivity index (χ2v) is 6.93. The second kappa shape index (κ2) is 8.99. The van der Waals surface area contributed by atoms with Crippen LogP contribution in [0.25, 0.3) is 5.69 Å². The zero-order valence-corrected chi connectivity index (χ0v) is 16.7. The van der Waals surface area contributed by atoms with Gasteiger partial charge in [-0.05, 0) is 18.2 Å². The van der Waals surface area contributed by atoms with Crippen LogP contribution in [-0.2, 0) is 4.79 Å². The number of aromatic nitrogens is 2. The van der Waals surface area contributed by atoms with Crippen LogP contribution in [0, 0.1) is 5.82 Å². The summed E-state index contributed by atoms with van der Waals surface area (Å²) in [4.78, 5) is 16.6. The topological polar surface area (TPSA) is 65.4 Å². The van der Waals surface area contributed by atoms with Gasteiger partial charge in [-0.2, -0.15) is 0 Å². The molecule has 0 radical (unpaired) electrons. The lowest BCUT2D eigenvalue weighted by molar-refractivity contribution is -0.113. The monoisotopic (exact) mass is 421 g/mol. The Balaban J connectivity index is 1.70. The summed E-state index contributed by atoms with van der Waals surface area (Å²) < 4.78 is 25.6. The Bertz CT molecular complexity index is 996. The van der Waals surface area contributed by atoms with E-state index in [-0.39, 0.29) is 17.5 Å². The fraction of sp³-hybridized carbons (Fsp3) is 0.158. The first-order valence-corrected chi connectivity index (χ1v) is 9.51. The minimum atomic E-state index is -0.344. The molecule has 0 spiro atoms. The van der Waals surface area contributed by atoms with Gasteiger partial charge in [0.25, 0.3) is 0 Å². The molecular formula is C19H17ClFN3O3S. The quantitative estimate of drug-likeness (QED) is 0.572. The maximum Gasteiger partial charge on any atom is 0.234 e. The molecule has 9 heteroatoms. The Morgan fingerprint density at radius 1 is 1.25 bits per heavy atom. The van der Waals surface area contributed by atoms with Crippen molar-refractivity contribution < 1.29 is 18.7 Å². The molecular weight excluding hydrogens is 405 g/mol. The predicted octanol–water partition coefficient (Wildman–Crippen LogP) is 4.41. The van der Waals surface area contributed by atoms with Crippen LogP contribution < -0.4 is 14.8 Å². The molecule has 3 aromatic rings. The molecule has 0 atom stereocenters. The average molecular weight is 422 g/mol. The molecule has 0 aliphatic carbocycles. The summed E-state index contributed by atoms with van der Waals surface area (Å²) in [5.41, 5.74) is 1.08. The molecule has 0 bridgehead atoms. The lowest BCUT2D eigenvalue weighted by atomic mass is 10.2. The number of ether oxygens (including phenoxy) is 2. The molecule has 3 rings (SSSR count). The fourth-order valence-corrected chi connectivity index (χ4v) is 3.50.